The Morgan fingerprint density at radius 3 is 3.05 bits per heavy atom. The number of aryl methyl sites for hydroxylation is 2. The zero-order valence-corrected chi connectivity index (χ0v) is 13.4. The number of carbonyl (C=O) groups is 1. The number of amides is 1. The summed E-state index contributed by atoms with van der Waals surface area (Å²) in [4.78, 5) is 20.8. The molecule has 0 aliphatic carbocycles. The van der Waals surface area contributed by atoms with Crippen LogP contribution in [0.3, 0.4) is 0 Å². The van der Waals surface area contributed by atoms with Gasteiger partial charge in [-0.05, 0) is 32.8 Å². The summed E-state index contributed by atoms with van der Waals surface area (Å²) in [6.45, 7) is 5.21. The van der Waals surface area contributed by atoms with Crippen LogP contribution in [0, 0.1) is 13.8 Å². The second-order valence-electron chi connectivity index (χ2n) is 5.36. The highest BCUT2D eigenvalue weighted by Gasteiger charge is 2.21. The minimum atomic E-state index is -0.0593. The van der Waals surface area contributed by atoms with Crippen LogP contribution in [0.15, 0.2) is 18.0 Å². The molecule has 0 bridgehead atoms. The fraction of sp³-hybridized carbons (Fsp3) is 0.467. The molecule has 0 aromatic carbocycles. The first-order valence-electron chi connectivity index (χ1n) is 7.08. The third kappa shape index (κ3) is 2.68. The summed E-state index contributed by atoms with van der Waals surface area (Å²) in [5.41, 5.74) is 2.03. The van der Waals surface area contributed by atoms with Crippen LogP contribution in [-0.4, -0.2) is 33.8 Å². The van der Waals surface area contributed by atoms with Crippen molar-refractivity contribution in [2.75, 3.05) is 13.7 Å². The van der Waals surface area contributed by atoms with Crippen molar-refractivity contribution in [1.29, 1.82) is 0 Å². The Balaban J connectivity index is 1.82. The number of rotatable bonds is 3. The molecule has 112 valence electrons. The molecule has 2 aromatic rings. The van der Waals surface area contributed by atoms with Crippen molar-refractivity contribution in [2.24, 2.45) is 0 Å². The van der Waals surface area contributed by atoms with E-state index in [0.717, 1.165) is 29.2 Å². The van der Waals surface area contributed by atoms with Crippen LogP contribution in [-0.2, 0) is 16.1 Å². The molecule has 3 heterocycles. The molecule has 0 spiro atoms. The van der Waals surface area contributed by atoms with E-state index in [1.807, 2.05) is 13.0 Å². The number of ether oxygens (including phenoxy) is 1. The molecule has 0 atom stereocenters. The highest BCUT2D eigenvalue weighted by molar-refractivity contribution is 7.17. The van der Waals surface area contributed by atoms with E-state index >= 15 is 0 Å². The highest BCUT2D eigenvalue weighted by Crippen LogP contribution is 2.22. The molecule has 0 saturated heterocycles. The zero-order valence-electron chi connectivity index (χ0n) is 12.5. The quantitative estimate of drug-likeness (QED) is 0.876. The molecule has 1 amide bonds. The lowest BCUT2D eigenvalue weighted by Crippen LogP contribution is -2.30. The van der Waals surface area contributed by atoms with Gasteiger partial charge in [-0.25, -0.2) is 4.98 Å². The third-order valence-electron chi connectivity index (χ3n) is 3.62. The maximum atomic E-state index is 12.4. The fourth-order valence-corrected chi connectivity index (χ4v) is 3.38. The number of thiazole rings is 1. The van der Waals surface area contributed by atoms with Crippen LogP contribution < -0.4 is 0 Å². The summed E-state index contributed by atoms with van der Waals surface area (Å²) in [5, 5.41) is 0. The standard InChI is InChI=1S/C15H19N3O2S/c1-10-8-18-12(11(2)16-15(18)21-10)9-17(3)14(19)13-6-4-5-7-20-13/h6,8H,4-5,7,9H2,1-3H3. The van der Waals surface area contributed by atoms with Crippen molar-refractivity contribution in [3.63, 3.8) is 0 Å². The maximum Gasteiger partial charge on any atom is 0.288 e. The van der Waals surface area contributed by atoms with Gasteiger partial charge in [0.2, 0.25) is 0 Å². The van der Waals surface area contributed by atoms with E-state index in [1.165, 1.54) is 4.88 Å². The number of hydrogen-bond donors (Lipinski definition) is 0. The Bertz CT molecular complexity index is 714. The summed E-state index contributed by atoms with van der Waals surface area (Å²) in [6.07, 6.45) is 5.85. The molecular weight excluding hydrogens is 286 g/mol. The molecule has 5 nitrogen and oxygen atoms in total. The maximum absolute atomic E-state index is 12.4. The van der Waals surface area contributed by atoms with Gasteiger partial charge >= 0.3 is 0 Å². The van der Waals surface area contributed by atoms with Gasteiger partial charge in [-0.15, -0.1) is 11.3 Å². The van der Waals surface area contributed by atoms with Gasteiger partial charge < -0.3 is 9.64 Å². The van der Waals surface area contributed by atoms with E-state index < -0.39 is 0 Å². The Morgan fingerprint density at radius 2 is 2.33 bits per heavy atom. The number of hydrogen-bond acceptors (Lipinski definition) is 4. The predicted octanol–water partition coefficient (Wildman–Crippen LogP) is 2.67. The van der Waals surface area contributed by atoms with Gasteiger partial charge in [-0.1, -0.05) is 0 Å². The first kappa shape index (κ1) is 14.1. The van der Waals surface area contributed by atoms with Gasteiger partial charge in [0.05, 0.1) is 24.5 Å². The van der Waals surface area contributed by atoms with Crippen molar-refractivity contribution in [3.05, 3.63) is 34.3 Å². The SMILES string of the molecule is Cc1cn2c(CN(C)C(=O)C3=CCCCO3)c(C)nc2s1. The Morgan fingerprint density at radius 1 is 1.52 bits per heavy atom. The topological polar surface area (TPSA) is 46.8 Å². The van der Waals surface area contributed by atoms with Crippen molar-refractivity contribution in [1.82, 2.24) is 14.3 Å². The van der Waals surface area contributed by atoms with Crippen molar-refractivity contribution in [2.45, 2.75) is 33.2 Å². The predicted molar refractivity (Wildman–Crippen MR) is 82.3 cm³/mol. The largest absolute Gasteiger partial charge is 0.488 e. The van der Waals surface area contributed by atoms with Gasteiger partial charge in [0.25, 0.3) is 5.91 Å². The second kappa shape index (κ2) is 5.52. The molecule has 6 heteroatoms. The molecule has 3 rings (SSSR count). The summed E-state index contributed by atoms with van der Waals surface area (Å²) >= 11 is 1.66. The number of likely N-dealkylation sites (N-methyl/N-ethyl adjacent to an activating group) is 1. The van der Waals surface area contributed by atoms with Gasteiger partial charge in [0, 0.05) is 18.1 Å². The number of nitrogens with zero attached hydrogens (tertiary/aromatic N) is 3. The monoisotopic (exact) mass is 305 g/mol. The molecule has 0 fully saturated rings. The number of carbonyl (C=O) groups excluding carboxylic acids is 1. The van der Waals surface area contributed by atoms with Crippen LogP contribution in [0.5, 0.6) is 0 Å². The Labute approximate surface area is 127 Å². The second-order valence-corrected chi connectivity index (χ2v) is 6.57. The van der Waals surface area contributed by atoms with Crippen molar-refractivity contribution in [3.8, 4) is 0 Å². The smallest absolute Gasteiger partial charge is 0.288 e. The summed E-state index contributed by atoms with van der Waals surface area (Å²) in [5.74, 6) is 0.416. The minimum absolute atomic E-state index is 0.0593. The van der Waals surface area contributed by atoms with Crippen LogP contribution >= 0.6 is 11.3 Å². The summed E-state index contributed by atoms with van der Waals surface area (Å²) in [7, 11) is 1.80. The highest BCUT2D eigenvalue weighted by atomic mass is 32.1. The molecule has 0 unspecified atom stereocenters. The van der Waals surface area contributed by atoms with E-state index in [4.69, 9.17) is 4.74 Å². The lowest BCUT2D eigenvalue weighted by molar-refractivity contribution is -0.130. The van der Waals surface area contributed by atoms with E-state index in [9.17, 15) is 4.79 Å². The molecule has 0 radical (unpaired) electrons. The lowest BCUT2D eigenvalue weighted by Gasteiger charge is -2.21. The summed E-state index contributed by atoms with van der Waals surface area (Å²) < 4.78 is 7.53. The number of imidazole rings is 1. The number of fused-ring (bicyclic) bond motifs is 1. The molecule has 0 N–H and O–H groups in total. The molecule has 0 saturated carbocycles. The Kier molecular flexibility index (Phi) is 3.71. The van der Waals surface area contributed by atoms with Crippen molar-refractivity contribution >= 4 is 22.2 Å². The molecule has 21 heavy (non-hydrogen) atoms. The van der Waals surface area contributed by atoms with E-state index in [1.54, 1.807) is 23.3 Å². The van der Waals surface area contributed by atoms with Crippen LogP contribution in [0.1, 0.15) is 29.1 Å². The molecule has 1 aliphatic rings. The zero-order chi connectivity index (χ0) is 15.0. The van der Waals surface area contributed by atoms with Crippen LogP contribution in [0.2, 0.25) is 0 Å². The molecular formula is C15H19N3O2S. The number of allylic oxidation sites excluding steroid dienone is 1. The molecule has 1 aliphatic heterocycles. The minimum Gasteiger partial charge on any atom is -0.488 e. The van der Waals surface area contributed by atoms with E-state index in [0.29, 0.717) is 18.9 Å². The van der Waals surface area contributed by atoms with Gasteiger partial charge in [0.15, 0.2) is 10.7 Å². The summed E-state index contributed by atoms with van der Waals surface area (Å²) in [6, 6.07) is 0. The fourth-order valence-electron chi connectivity index (χ4n) is 2.49. The number of aromatic nitrogens is 2. The van der Waals surface area contributed by atoms with Crippen molar-refractivity contribution < 1.29 is 9.53 Å². The first-order valence-corrected chi connectivity index (χ1v) is 7.90. The van der Waals surface area contributed by atoms with E-state index in [2.05, 4.69) is 22.5 Å². The average Bonchev–Trinajstić information content (AvgIpc) is 2.96. The van der Waals surface area contributed by atoms with Gasteiger partial charge in [0.1, 0.15) is 0 Å². The normalized spacial score (nSPS) is 14.9. The Hall–Kier alpha value is -1.82. The van der Waals surface area contributed by atoms with Crippen LogP contribution in [0.25, 0.3) is 4.96 Å². The third-order valence-corrected chi connectivity index (χ3v) is 4.52. The van der Waals surface area contributed by atoms with Gasteiger partial charge in [-0.2, -0.15) is 0 Å². The average molecular weight is 305 g/mol. The molecule has 2 aromatic heterocycles. The van der Waals surface area contributed by atoms with E-state index in [-0.39, 0.29) is 5.91 Å². The lowest BCUT2D eigenvalue weighted by atomic mass is 10.2. The van der Waals surface area contributed by atoms with Gasteiger partial charge in [-0.3, -0.25) is 9.20 Å². The van der Waals surface area contributed by atoms with Crippen LogP contribution in [0.4, 0.5) is 0 Å². The first-order chi connectivity index (χ1) is 10.1.